The molecule has 2 aromatic heterocycles. The predicted molar refractivity (Wildman–Crippen MR) is 75.6 cm³/mol. The molecule has 6 heteroatoms. The van der Waals surface area contributed by atoms with E-state index in [1.54, 1.807) is 29.3 Å². The van der Waals surface area contributed by atoms with Gasteiger partial charge in [-0.2, -0.15) is 5.10 Å². The molecule has 6 nitrogen and oxygen atoms in total. The smallest absolute Gasteiger partial charge is 0.255 e. The van der Waals surface area contributed by atoms with Crippen LogP contribution in [0.3, 0.4) is 0 Å². The molecule has 0 spiro atoms. The van der Waals surface area contributed by atoms with Gasteiger partial charge in [-0.25, -0.2) is 4.52 Å². The van der Waals surface area contributed by atoms with E-state index >= 15 is 0 Å². The van der Waals surface area contributed by atoms with Crippen molar-refractivity contribution in [3.8, 4) is 0 Å². The van der Waals surface area contributed by atoms with Gasteiger partial charge in [0.1, 0.15) is 0 Å². The molecule has 0 radical (unpaired) electrons. The van der Waals surface area contributed by atoms with Crippen molar-refractivity contribution in [1.82, 2.24) is 25.2 Å². The van der Waals surface area contributed by atoms with Gasteiger partial charge in [-0.1, -0.05) is 0 Å². The summed E-state index contributed by atoms with van der Waals surface area (Å²) in [6, 6.07) is 0.850. The number of fused-ring (bicyclic) bond motifs is 1. The lowest BCUT2D eigenvalue weighted by Crippen LogP contribution is -2.41. The minimum atomic E-state index is -0.0547. The molecule has 2 N–H and O–H groups in total. The van der Waals surface area contributed by atoms with Gasteiger partial charge in [0.05, 0.1) is 23.5 Å². The van der Waals surface area contributed by atoms with Gasteiger partial charge in [0.2, 0.25) is 0 Å². The van der Waals surface area contributed by atoms with Crippen LogP contribution in [0.2, 0.25) is 0 Å². The summed E-state index contributed by atoms with van der Waals surface area (Å²) in [5.74, 6) is -0.0547. The maximum absolute atomic E-state index is 12.3. The van der Waals surface area contributed by atoms with Crippen LogP contribution >= 0.6 is 0 Å². The Labute approximate surface area is 117 Å². The normalized spacial score (nSPS) is 22.9. The van der Waals surface area contributed by atoms with Gasteiger partial charge in [0.25, 0.3) is 5.91 Å². The maximum Gasteiger partial charge on any atom is 0.255 e. The van der Waals surface area contributed by atoms with Crippen LogP contribution in [-0.4, -0.2) is 39.6 Å². The van der Waals surface area contributed by atoms with Crippen LogP contribution in [0, 0.1) is 0 Å². The Morgan fingerprint density at radius 1 is 1.25 bits per heavy atom. The zero-order valence-corrected chi connectivity index (χ0v) is 11.5. The zero-order chi connectivity index (χ0) is 13.9. The number of carbonyl (C=O) groups excluding carboxylic acids is 1. The first-order valence-electron chi connectivity index (χ1n) is 7.03. The van der Waals surface area contributed by atoms with E-state index in [0.717, 1.165) is 31.2 Å². The number of hydrogen-bond donors (Lipinski definition) is 2. The molecule has 20 heavy (non-hydrogen) atoms. The second kappa shape index (κ2) is 5.58. The maximum atomic E-state index is 12.3. The van der Waals surface area contributed by atoms with E-state index in [0.29, 0.717) is 11.6 Å². The molecule has 1 fully saturated rings. The third kappa shape index (κ3) is 2.51. The Bertz CT molecular complexity index is 600. The van der Waals surface area contributed by atoms with Crippen LogP contribution in [0.1, 0.15) is 36.0 Å². The molecule has 3 rings (SSSR count). The van der Waals surface area contributed by atoms with Crippen LogP contribution in [0.4, 0.5) is 0 Å². The Morgan fingerprint density at radius 2 is 2.00 bits per heavy atom. The largest absolute Gasteiger partial charge is 0.349 e. The number of aromatic nitrogens is 3. The number of rotatable bonds is 3. The molecule has 106 valence electrons. The van der Waals surface area contributed by atoms with Gasteiger partial charge in [0.15, 0.2) is 0 Å². The summed E-state index contributed by atoms with van der Waals surface area (Å²) in [5.41, 5.74) is 1.34. The van der Waals surface area contributed by atoms with Crippen LogP contribution in [0.15, 0.2) is 24.8 Å². The molecule has 0 atom stereocenters. The molecule has 0 aliphatic heterocycles. The molecule has 1 aliphatic carbocycles. The predicted octanol–water partition coefficient (Wildman–Crippen LogP) is 0.990. The average molecular weight is 273 g/mol. The molecule has 0 aromatic carbocycles. The first-order chi connectivity index (χ1) is 9.78. The lowest BCUT2D eigenvalue weighted by atomic mass is 9.91. The summed E-state index contributed by atoms with van der Waals surface area (Å²) < 4.78 is 1.67. The van der Waals surface area contributed by atoms with Crippen molar-refractivity contribution in [3.63, 3.8) is 0 Å². The zero-order valence-electron chi connectivity index (χ0n) is 11.5. The van der Waals surface area contributed by atoms with E-state index in [2.05, 4.69) is 20.7 Å². The van der Waals surface area contributed by atoms with E-state index in [9.17, 15) is 4.79 Å². The van der Waals surface area contributed by atoms with Gasteiger partial charge < -0.3 is 10.6 Å². The second-order valence-corrected chi connectivity index (χ2v) is 5.28. The highest BCUT2D eigenvalue weighted by Crippen LogP contribution is 2.19. The molecule has 2 aromatic rings. The molecule has 1 amide bonds. The minimum Gasteiger partial charge on any atom is -0.349 e. The molecule has 1 aliphatic rings. The van der Waals surface area contributed by atoms with E-state index in [4.69, 9.17) is 0 Å². The van der Waals surface area contributed by atoms with E-state index < -0.39 is 0 Å². The second-order valence-electron chi connectivity index (χ2n) is 5.28. The first-order valence-corrected chi connectivity index (χ1v) is 7.03. The summed E-state index contributed by atoms with van der Waals surface area (Å²) >= 11 is 0. The SMILES string of the molecule is CNC1CCC(NC(=O)c2cnn3ccncc23)CC1. The van der Waals surface area contributed by atoms with Gasteiger partial charge >= 0.3 is 0 Å². The van der Waals surface area contributed by atoms with Gasteiger partial charge in [-0.05, 0) is 32.7 Å². The number of nitrogens with zero attached hydrogens (tertiary/aromatic N) is 3. The Morgan fingerprint density at radius 3 is 2.75 bits per heavy atom. The number of hydrogen-bond acceptors (Lipinski definition) is 4. The standard InChI is InChI=1S/C14H19N5O/c1-15-10-2-4-11(5-3-10)18-14(20)12-8-17-19-7-6-16-9-13(12)19/h6-11,15H,2-5H2,1H3,(H,18,20). The van der Waals surface area contributed by atoms with Crippen molar-refractivity contribution in [2.45, 2.75) is 37.8 Å². The van der Waals surface area contributed by atoms with Crippen LogP contribution < -0.4 is 10.6 Å². The highest BCUT2D eigenvalue weighted by molar-refractivity contribution is 6.00. The minimum absolute atomic E-state index is 0.0547. The van der Waals surface area contributed by atoms with Crippen molar-refractivity contribution in [2.24, 2.45) is 0 Å². The third-order valence-electron chi connectivity index (χ3n) is 4.04. The van der Waals surface area contributed by atoms with Crippen molar-refractivity contribution < 1.29 is 4.79 Å². The number of nitrogens with one attached hydrogen (secondary N) is 2. The fourth-order valence-electron chi connectivity index (χ4n) is 2.80. The summed E-state index contributed by atoms with van der Waals surface area (Å²) in [6.45, 7) is 0. The fourth-order valence-corrected chi connectivity index (χ4v) is 2.80. The highest BCUT2D eigenvalue weighted by Gasteiger charge is 2.22. The van der Waals surface area contributed by atoms with Crippen molar-refractivity contribution in [1.29, 1.82) is 0 Å². The number of amides is 1. The van der Waals surface area contributed by atoms with E-state index in [1.807, 2.05) is 7.05 Å². The molecule has 0 saturated heterocycles. The third-order valence-corrected chi connectivity index (χ3v) is 4.04. The van der Waals surface area contributed by atoms with Crippen molar-refractivity contribution >= 4 is 11.4 Å². The van der Waals surface area contributed by atoms with Crippen LogP contribution in [0.5, 0.6) is 0 Å². The first kappa shape index (κ1) is 13.1. The average Bonchev–Trinajstić information content (AvgIpc) is 2.92. The summed E-state index contributed by atoms with van der Waals surface area (Å²) in [5, 5.41) is 10.6. The summed E-state index contributed by atoms with van der Waals surface area (Å²) in [4.78, 5) is 16.4. The summed E-state index contributed by atoms with van der Waals surface area (Å²) in [7, 11) is 2.00. The van der Waals surface area contributed by atoms with Crippen LogP contribution in [0.25, 0.3) is 5.52 Å². The molecule has 2 heterocycles. The highest BCUT2D eigenvalue weighted by atomic mass is 16.1. The topological polar surface area (TPSA) is 71.3 Å². The Hall–Kier alpha value is -1.95. The molecule has 0 unspecified atom stereocenters. The van der Waals surface area contributed by atoms with Gasteiger partial charge in [-0.15, -0.1) is 0 Å². The van der Waals surface area contributed by atoms with Crippen molar-refractivity contribution in [2.75, 3.05) is 7.05 Å². The number of carbonyl (C=O) groups is 1. The molecule has 1 saturated carbocycles. The van der Waals surface area contributed by atoms with Crippen LogP contribution in [-0.2, 0) is 0 Å². The van der Waals surface area contributed by atoms with Gasteiger partial charge in [-0.3, -0.25) is 9.78 Å². The Balaban J connectivity index is 1.68. The van der Waals surface area contributed by atoms with Gasteiger partial charge in [0, 0.05) is 24.5 Å². The molecular formula is C14H19N5O. The lowest BCUT2D eigenvalue weighted by Gasteiger charge is -2.28. The lowest BCUT2D eigenvalue weighted by molar-refractivity contribution is 0.0926. The fraction of sp³-hybridized carbons (Fsp3) is 0.500. The molecule has 0 bridgehead atoms. The van der Waals surface area contributed by atoms with Crippen molar-refractivity contribution in [3.05, 3.63) is 30.4 Å². The monoisotopic (exact) mass is 273 g/mol. The summed E-state index contributed by atoms with van der Waals surface area (Å²) in [6.07, 6.45) is 10.9. The Kier molecular flexibility index (Phi) is 3.64. The van der Waals surface area contributed by atoms with E-state index in [1.165, 1.54) is 0 Å². The van der Waals surface area contributed by atoms with E-state index in [-0.39, 0.29) is 11.9 Å². The quantitative estimate of drug-likeness (QED) is 0.875. The molecular weight excluding hydrogens is 254 g/mol.